The van der Waals surface area contributed by atoms with Crippen LogP contribution in [0.15, 0.2) is 55.2 Å². The van der Waals surface area contributed by atoms with Gasteiger partial charge in [-0.2, -0.15) is 0 Å². The maximum Gasteiger partial charge on any atom is 0.487 e. The van der Waals surface area contributed by atoms with Crippen molar-refractivity contribution in [2.75, 3.05) is 29.9 Å². The molecule has 3 aromatic rings. The van der Waals surface area contributed by atoms with E-state index >= 15 is 0 Å². The minimum absolute atomic E-state index is 0.158. The molecule has 1 fully saturated rings. The molecule has 1 aliphatic rings. The SMILES string of the molecule is O=C(Nc1ccc(OC(F)(F)Cl)cc1)c1cnc(N2C[C@@H](CO)[C@H](O)C2)c(-c2cncnc2)c1. The molecule has 0 unspecified atom stereocenters. The third-order valence-electron chi connectivity index (χ3n) is 5.29. The Bertz CT molecular complexity index is 1150. The number of aromatic nitrogens is 3. The van der Waals surface area contributed by atoms with Gasteiger partial charge in [0.25, 0.3) is 5.91 Å². The average Bonchev–Trinajstić information content (AvgIpc) is 3.20. The first-order chi connectivity index (χ1) is 16.2. The van der Waals surface area contributed by atoms with E-state index in [1.165, 1.54) is 36.8 Å². The molecule has 0 radical (unpaired) electrons. The van der Waals surface area contributed by atoms with Crippen molar-refractivity contribution in [2.24, 2.45) is 5.92 Å². The molecule has 1 aliphatic heterocycles. The number of alkyl halides is 3. The van der Waals surface area contributed by atoms with Crippen LogP contribution in [-0.4, -0.2) is 62.4 Å². The molecule has 34 heavy (non-hydrogen) atoms. The number of amides is 1. The third-order valence-corrected chi connectivity index (χ3v) is 5.36. The topological polar surface area (TPSA) is 121 Å². The van der Waals surface area contributed by atoms with Crippen molar-refractivity contribution in [1.29, 1.82) is 0 Å². The number of rotatable bonds is 7. The Morgan fingerprint density at radius 2 is 1.91 bits per heavy atom. The van der Waals surface area contributed by atoms with Crippen LogP contribution in [0.1, 0.15) is 10.4 Å². The van der Waals surface area contributed by atoms with Crippen LogP contribution in [0.3, 0.4) is 0 Å². The van der Waals surface area contributed by atoms with Crippen molar-refractivity contribution >= 4 is 29.0 Å². The first kappa shape index (κ1) is 23.7. The fraction of sp³-hybridized carbons (Fsp3) is 0.273. The fourth-order valence-corrected chi connectivity index (χ4v) is 3.72. The summed E-state index contributed by atoms with van der Waals surface area (Å²) in [4.78, 5) is 27.2. The van der Waals surface area contributed by atoms with Crippen LogP contribution in [0, 0.1) is 5.92 Å². The summed E-state index contributed by atoms with van der Waals surface area (Å²) in [5, 5.41) is 22.3. The van der Waals surface area contributed by atoms with Gasteiger partial charge in [0.15, 0.2) is 0 Å². The van der Waals surface area contributed by atoms with Crippen molar-refractivity contribution in [2.45, 2.75) is 11.7 Å². The predicted molar refractivity (Wildman–Crippen MR) is 120 cm³/mol. The van der Waals surface area contributed by atoms with Gasteiger partial charge in [0.05, 0.1) is 18.3 Å². The van der Waals surface area contributed by atoms with E-state index in [1.54, 1.807) is 18.5 Å². The van der Waals surface area contributed by atoms with E-state index in [9.17, 15) is 23.8 Å². The van der Waals surface area contributed by atoms with Gasteiger partial charge in [0.1, 0.15) is 17.9 Å². The van der Waals surface area contributed by atoms with Crippen LogP contribution in [0.2, 0.25) is 0 Å². The van der Waals surface area contributed by atoms with E-state index in [-0.39, 0.29) is 30.4 Å². The van der Waals surface area contributed by atoms with Crippen LogP contribution in [0.4, 0.5) is 20.3 Å². The molecule has 2 atom stereocenters. The first-order valence-electron chi connectivity index (χ1n) is 10.2. The average molecular weight is 492 g/mol. The summed E-state index contributed by atoms with van der Waals surface area (Å²) in [5.41, 5.74) is -2.07. The van der Waals surface area contributed by atoms with Gasteiger partial charge >= 0.3 is 5.57 Å². The largest absolute Gasteiger partial charge is 0.487 e. The second-order valence-electron chi connectivity index (χ2n) is 7.66. The van der Waals surface area contributed by atoms with Crippen molar-refractivity contribution in [3.05, 3.63) is 60.8 Å². The highest BCUT2D eigenvalue weighted by atomic mass is 35.5. The van der Waals surface area contributed by atoms with Gasteiger partial charge in [-0.25, -0.2) is 15.0 Å². The zero-order valence-electron chi connectivity index (χ0n) is 17.6. The molecule has 0 saturated carbocycles. The summed E-state index contributed by atoms with van der Waals surface area (Å²) in [6.45, 7) is 0.515. The molecule has 0 spiro atoms. The van der Waals surface area contributed by atoms with E-state index in [2.05, 4.69) is 25.0 Å². The molecule has 0 bridgehead atoms. The van der Waals surface area contributed by atoms with E-state index in [0.29, 0.717) is 29.2 Å². The number of carbonyl (C=O) groups is 1. The lowest BCUT2D eigenvalue weighted by Crippen LogP contribution is -2.23. The number of nitrogens with one attached hydrogen (secondary N) is 1. The van der Waals surface area contributed by atoms with Crippen LogP contribution >= 0.6 is 11.6 Å². The van der Waals surface area contributed by atoms with Gasteiger partial charge in [0, 0.05) is 66.0 Å². The predicted octanol–water partition coefficient (Wildman–Crippen LogP) is 2.75. The molecular formula is C22H20ClF2N5O4. The molecule has 1 saturated heterocycles. The van der Waals surface area contributed by atoms with Gasteiger partial charge in [-0.05, 0) is 30.3 Å². The number of carbonyl (C=O) groups excluding carboxylic acids is 1. The lowest BCUT2D eigenvalue weighted by molar-refractivity contribution is -0.0964. The molecule has 1 aromatic carbocycles. The Labute approximate surface area is 198 Å². The van der Waals surface area contributed by atoms with E-state index in [4.69, 9.17) is 11.6 Å². The molecule has 9 nitrogen and oxygen atoms in total. The van der Waals surface area contributed by atoms with Crippen molar-refractivity contribution in [1.82, 2.24) is 15.0 Å². The fourth-order valence-electron chi connectivity index (χ4n) is 3.63. The van der Waals surface area contributed by atoms with Crippen molar-refractivity contribution < 1.29 is 28.5 Å². The zero-order valence-corrected chi connectivity index (χ0v) is 18.4. The highest BCUT2D eigenvalue weighted by Crippen LogP contribution is 2.33. The second kappa shape index (κ2) is 9.84. The minimum atomic E-state index is -3.84. The first-order valence-corrected chi connectivity index (χ1v) is 10.6. The number of hydrogen-bond donors (Lipinski definition) is 3. The number of ether oxygens (including phenoxy) is 1. The molecule has 3 N–H and O–H groups in total. The highest BCUT2D eigenvalue weighted by Gasteiger charge is 2.33. The summed E-state index contributed by atoms with van der Waals surface area (Å²) in [5.74, 6) is -0.437. The smallest absolute Gasteiger partial charge is 0.420 e. The normalized spacial score (nSPS) is 18.1. The van der Waals surface area contributed by atoms with Crippen molar-refractivity contribution in [3.8, 4) is 16.9 Å². The number of aliphatic hydroxyl groups excluding tert-OH is 2. The number of anilines is 2. The van der Waals surface area contributed by atoms with Crippen molar-refractivity contribution in [3.63, 3.8) is 0 Å². The summed E-state index contributed by atoms with van der Waals surface area (Å²) in [7, 11) is 0. The summed E-state index contributed by atoms with van der Waals surface area (Å²) >= 11 is 4.75. The highest BCUT2D eigenvalue weighted by molar-refractivity contribution is 6.20. The number of halogens is 3. The second-order valence-corrected chi connectivity index (χ2v) is 8.10. The Hall–Kier alpha value is -3.41. The van der Waals surface area contributed by atoms with E-state index in [1.807, 2.05) is 4.90 Å². The summed E-state index contributed by atoms with van der Waals surface area (Å²) in [6, 6.07) is 6.90. The Balaban J connectivity index is 1.58. The third kappa shape index (κ3) is 5.56. The Kier molecular flexibility index (Phi) is 6.87. The van der Waals surface area contributed by atoms with Gasteiger partial charge in [-0.1, -0.05) is 0 Å². The minimum Gasteiger partial charge on any atom is -0.420 e. The number of nitrogens with zero attached hydrogens (tertiary/aromatic N) is 4. The number of β-amino-alcohol motifs (C(OH)–C–C–N with tert-alkyl or cyclic N) is 1. The molecule has 2 aromatic heterocycles. The van der Waals surface area contributed by atoms with Gasteiger partial charge in [0.2, 0.25) is 0 Å². The zero-order chi connectivity index (χ0) is 24.3. The Morgan fingerprint density at radius 3 is 2.53 bits per heavy atom. The molecule has 12 heteroatoms. The summed E-state index contributed by atoms with van der Waals surface area (Å²) < 4.78 is 29.8. The number of aliphatic hydroxyl groups is 2. The maximum absolute atomic E-state index is 12.9. The lowest BCUT2D eigenvalue weighted by atomic mass is 10.1. The van der Waals surface area contributed by atoms with Gasteiger partial charge in [-0.3, -0.25) is 4.79 Å². The molecule has 3 heterocycles. The van der Waals surface area contributed by atoms with Crippen LogP contribution in [0.5, 0.6) is 5.75 Å². The molecule has 4 rings (SSSR count). The number of hydrogen-bond acceptors (Lipinski definition) is 8. The van der Waals surface area contributed by atoms with E-state index < -0.39 is 17.6 Å². The molecule has 178 valence electrons. The Morgan fingerprint density at radius 1 is 1.21 bits per heavy atom. The molecule has 0 aliphatic carbocycles. The lowest BCUT2D eigenvalue weighted by Gasteiger charge is -2.21. The standard InChI is InChI=1S/C22H20ClF2N5O4/c23-22(24,25)34-17-3-1-16(2-4-17)29-21(33)13-5-18(14-6-26-12-27-7-14)20(28-8-13)30-9-15(11-31)19(32)10-30/h1-8,12,15,19,31-32H,9-11H2,(H,29,33)/t15-,19+/m0/s1. The number of benzene rings is 1. The van der Waals surface area contributed by atoms with Crippen LogP contribution in [0.25, 0.3) is 11.1 Å². The van der Waals surface area contributed by atoms with Crippen LogP contribution < -0.4 is 15.0 Å². The molecule has 1 amide bonds. The number of pyridine rings is 1. The van der Waals surface area contributed by atoms with Gasteiger partial charge < -0.3 is 25.2 Å². The molecular weight excluding hydrogens is 472 g/mol. The van der Waals surface area contributed by atoms with E-state index in [0.717, 1.165) is 0 Å². The summed E-state index contributed by atoms with van der Waals surface area (Å²) in [6.07, 6.45) is 5.22. The van der Waals surface area contributed by atoms with Crippen LogP contribution in [-0.2, 0) is 0 Å². The monoisotopic (exact) mass is 491 g/mol. The van der Waals surface area contributed by atoms with Gasteiger partial charge in [-0.15, -0.1) is 8.78 Å². The maximum atomic E-state index is 12.9. The quantitative estimate of drug-likeness (QED) is 0.431.